The largest absolute Gasteiger partial charge is 0.361 e. The highest BCUT2D eigenvalue weighted by Gasteiger charge is 2.52. The molecule has 2 fully saturated rings. The molecule has 1 aromatic heterocycles. The molecule has 3 nitrogen and oxygen atoms in total. The van der Waals surface area contributed by atoms with Gasteiger partial charge in [-0.05, 0) is 80.2 Å². The highest BCUT2D eigenvalue weighted by Crippen LogP contribution is 2.75. The monoisotopic (exact) mass is 499 g/mol. The summed E-state index contributed by atoms with van der Waals surface area (Å²) in [5.41, 5.74) is 8.37. The molecule has 3 atom stereocenters. The molecule has 1 N–H and O–H groups in total. The van der Waals surface area contributed by atoms with Crippen LogP contribution < -0.4 is 5.32 Å². The van der Waals surface area contributed by atoms with E-state index in [1.165, 1.54) is 34.3 Å². The van der Waals surface area contributed by atoms with E-state index in [1.807, 2.05) is 6.07 Å². The molecular weight excluding hydrogens is 473 g/mol. The minimum absolute atomic E-state index is 0.162. The maximum Gasteiger partial charge on any atom is 0.183 e. The van der Waals surface area contributed by atoms with Crippen molar-refractivity contribution in [3.63, 3.8) is 0 Å². The third-order valence-corrected chi connectivity index (χ3v) is 13.3. The Balaban J connectivity index is 1.03. The van der Waals surface area contributed by atoms with Gasteiger partial charge in [0.05, 0.1) is 20.7 Å². The average molecular weight is 500 g/mol. The zero-order chi connectivity index (χ0) is 22.5. The molecular formula is C28H26N3PS2. The van der Waals surface area contributed by atoms with Crippen LogP contribution in [0, 0.1) is 0 Å². The third-order valence-electron chi connectivity index (χ3n) is 7.01. The number of hydrogen-bond donors (Lipinski definition) is 1. The quantitative estimate of drug-likeness (QED) is 0.273. The maximum absolute atomic E-state index is 5.23. The summed E-state index contributed by atoms with van der Waals surface area (Å²) in [6.45, 7) is 0.888. The standard InChI is InChI=1S/C28H26N3PS2/c1-2-6-22-19(5-1)17-25-26(22)32(21-13-14-21)28(34-25)30-20-11-9-18(10-12-20)15-16-29-27-31-23-7-3-4-8-24(23)33-27/h1-12,21,25-26H,13-17H2,(H,29,31). The van der Waals surface area contributed by atoms with Crippen LogP contribution in [0.15, 0.2) is 77.8 Å². The second-order valence-corrected chi connectivity index (χ2v) is 14.5. The van der Waals surface area contributed by atoms with Gasteiger partial charge in [0.2, 0.25) is 0 Å². The predicted octanol–water partition coefficient (Wildman–Crippen LogP) is 8.00. The number of anilines is 1. The van der Waals surface area contributed by atoms with Crippen molar-refractivity contribution in [3.05, 3.63) is 89.5 Å². The molecule has 0 spiro atoms. The molecule has 4 aromatic rings. The Kier molecular flexibility index (Phi) is 5.45. The first-order chi connectivity index (χ1) is 16.8. The van der Waals surface area contributed by atoms with Crippen LogP contribution in [0.1, 0.15) is 35.2 Å². The number of rotatable bonds is 6. The zero-order valence-corrected chi connectivity index (χ0v) is 21.4. The van der Waals surface area contributed by atoms with E-state index in [-0.39, 0.29) is 7.92 Å². The van der Waals surface area contributed by atoms with Crippen LogP contribution >= 0.6 is 31.0 Å². The molecule has 2 aliphatic carbocycles. The van der Waals surface area contributed by atoms with E-state index in [4.69, 9.17) is 4.99 Å². The first kappa shape index (κ1) is 21.1. The number of fused-ring (bicyclic) bond motifs is 4. The van der Waals surface area contributed by atoms with Gasteiger partial charge in [-0.25, -0.2) is 9.98 Å². The Morgan fingerprint density at radius 3 is 2.65 bits per heavy atom. The van der Waals surface area contributed by atoms with Crippen molar-refractivity contribution in [1.29, 1.82) is 0 Å². The van der Waals surface area contributed by atoms with Gasteiger partial charge in [-0.3, -0.25) is 0 Å². The molecule has 1 aliphatic heterocycles. The van der Waals surface area contributed by atoms with Crippen molar-refractivity contribution in [3.8, 4) is 0 Å². The molecule has 3 aliphatic rings. The summed E-state index contributed by atoms with van der Waals surface area (Å²) in [6.07, 6.45) is 5.00. The second-order valence-electron chi connectivity index (χ2n) is 9.37. The minimum atomic E-state index is -0.162. The summed E-state index contributed by atoms with van der Waals surface area (Å²) in [4.78, 5) is 11.4. The molecule has 7 rings (SSSR count). The predicted molar refractivity (Wildman–Crippen MR) is 150 cm³/mol. The van der Waals surface area contributed by atoms with Crippen LogP contribution in [-0.2, 0) is 12.8 Å². The van der Waals surface area contributed by atoms with Gasteiger partial charge in [0.25, 0.3) is 0 Å². The molecule has 3 aromatic carbocycles. The number of thioether (sulfide) groups is 1. The van der Waals surface area contributed by atoms with Gasteiger partial charge in [0.1, 0.15) is 0 Å². The SMILES string of the molecule is c1ccc2c(c1)CC1SC(=Nc3ccc(CCNc4nc5ccccc5s4)cc3)P(C3CC3)C21. The lowest BCUT2D eigenvalue weighted by Gasteiger charge is -2.19. The molecule has 0 radical (unpaired) electrons. The average Bonchev–Trinajstić information content (AvgIpc) is 3.37. The number of nitrogens with one attached hydrogen (secondary N) is 1. The molecule has 170 valence electrons. The Bertz CT molecular complexity index is 1340. The van der Waals surface area contributed by atoms with Crippen LogP contribution in [-0.4, -0.2) is 27.2 Å². The second kappa shape index (κ2) is 8.78. The van der Waals surface area contributed by atoms with E-state index in [9.17, 15) is 0 Å². The van der Waals surface area contributed by atoms with Crippen molar-refractivity contribution in [2.45, 2.75) is 42.3 Å². The molecule has 1 saturated heterocycles. The molecule has 1 saturated carbocycles. The number of benzene rings is 3. The number of para-hydroxylation sites is 1. The normalized spacial score (nSPS) is 24.5. The van der Waals surface area contributed by atoms with E-state index in [0.29, 0.717) is 5.25 Å². The summed E-state index contributed by atoms with van der Waals surface area (Å²) in [5.74, 6) is 0. The Morgan fingerprint density at radius 1 is 0.971 bits per heavy atom. The Hall–Kier alpha value is -2.20. The van der Waals surface area contributed by atoms with Gasteiger partial charge in [-0.15, -0.1) is 11.8 Å². The summed E-state index contributed by atoms with van der Waals surface area (Å²) >= 11 is 3.81. The molecule has 3 unspecified atom stereocenters. The fourth-order valence-electron chi connectivity index (χ4n) is 5.22. The number of aliphatic imine (C=N–C) groups is 1. The highest BCUT2D eigenvalue weighted by molar-refractivity contribution is 8.28. The maximum atomic E-state index is 5.23. The molecule has 0 bridgehead atoms. The Labute approximate surface area is 209 Å². The molecule has 2 heterocycles. The van der Waals surface area contributed by atoms with Crippen LogP contribution in [0.5, 0.6) is 0 Å². The van der Waals surface area contributed by atoms with E-state index in [1.54, 1.807) is 22.5 Å². The fourth-order valence-corrected chi connectivity index (χ4v) is 12.3. The van der Waals surface area contributed by atoms with Crippen molar-refractivity contribution in [2.24, 2.45) is 4.99 Å². The molecule has 34 heavy (non-hydrogen) atoms. The summed E-state index contributed by atoms with van der Waals surface area (Å²) in [5, 5.41) is 5.20. The van der Waals surface area contributed by atoms with Crippen LogP contribution in [0.25, 0.3) is 10.2 Å². The third kappa shape index (κ3) is 3.98. The van der Waals surface area contributed by atoms with E-state index < -0.39 is 0 Å². The number of nitrogens with zero attached hydrogens (tertiary/aromatic N) is 2. The van der Waals surface area contributed by atoms with E-state index in [0.717, 1.165) is 40.6 Å². The topological polar surface area (TPSA) is 37.3 Å². The van der Waals surface area contributed by atoms with Crippen LogP contribution in [0.4, 0.5) is 10.8 Å². The Morgan fingerprint density at radius 2 is 1.79 bits per heavy atom. The fraction of sp³-hybridized carbons (Fsp3) is 0.286. The summed E-state index contributed by atoms with van der Waals surface area (Å²) < 4.78 is 1.23. The van der Waals surface area contributed by atoms with E-state index in [2.05, 4.69) is 88.8 Å². The van der Waals surface area contributed by atoms with Crippen molar-refractivity contribution in [2.75, 3.05) is 11.9 Å². The number of thiazole rings is 1. The number of hydrogen-bond acceptors (Lipinski definition) is 5. The van der Waals surface area contributed by atoms with Crippen molar-refractivity contribution >= 4 is 56.8 Å². The molecule has 0 amide bonds. The van der Waals surface area contributed by atoms with Gasteiger partial charge in [-0.1, -0.05) is 59.9 Å². The van der Waals surface area contributed by atoms with E-state index >= 15 is 0 Å². The highest BCUT2D eigenvalue weighted by atomic mass is 32.2. The zero-order valence-electron chi connectivity index (χ0n) is 18.9. The van der Waals surface area contributed by atoms with Crippen molar-refractivity contribution < 1.29 is 0 Å². The first-order valence-electron chi connectivity index (χ1n) is 12.1. The lowest BCUT2D eigenvalue weighted by atomic mass is 10.1. The van der Waals surface area contributed by atoms with Gasteiger partial charge in [0, 0.05) is 17.5 Å². The van der Waals surface area contributed by atoms with Gasteiger partial charge in [0.15, 0.2) is 5.13 Å². The summed E-state index contributed by atoms with van der Waals surface area (Å²) in [7, 11) is -0.162. The van der Waals surface area contributed by atoms with Gasteiger partial charge in [-0.2, -0.15) is 0 Å². The first-order valence-corrected chi connectivity index (χ1v) is 15.3. The van der Waals surface area contributed by atoms with Crippen LogP contribution in [0.2, 0.25) is 0 Å². The molecule has 6 heteroatoms. The lowest BCUT2D eigenvalue weighted by Crippen LogP contribution is -2.04. The van der Waals surface area contributed by atoms with Gasteiger partial charge >= 0.3 is 0 Å². The lowest BCUT2D eigenvalue weighted by molar-refractivity contribution is 0.914. The van der Waals surface area contributed by atoms with Gasteiger partial charge < -0.3 is 5.32 Å². The minimum Gasteiger partial charge on any atom is -0.361 e. The van der Waals surface area contributed by atoms with Crippen LogP contribution in [0.3, 0.4) is 0 Å². The van der Waals surface area contributed by atoms with Crippen molar-refractivity contribution in [1.82, 2.24) is 4.98 Å². The smallest absolute Gasteiger partial charge is 0.183 e. The summed E-state index contributed by atoms with van der Waals surface area (Å²) in [6, 6.07) is 26.4. The number of aromatic nitrogens is 1.